The number of anilines is 2. The molecule has 1 saturated heterocycles. The first-order valence-corrected chi connectivity index (χ1v) is 11.3. The summed E-state index contributed by atoms with van der Waals surface area (Å²) in [5.74, 6) is 0.688. The van der Waals surface area contributed by atoms with E-state index in [4.69, 9.17) is 0 Å². The molecule has 0 saturated carbocycles. The van der Waals surface area contributed by atoms with Gasteiger partial charge in [-0.3, -0.25) is 14.2 Å². The van der Waals surface area contributed by atoms with Gasteiger partial charge in [0.2, 0.25) is 11.8 Å². The van der Waals surface area contributed by atoms with E-state index in [1.54, 1.807) is 11.2 Å². The van der Waals surface area contributed by atoms with Crippen LogP contribution in [0.2, 0.25) is 0 Å². The van der Waals surface area contributed by atoms with Crippen LogP contribution in [0.3, 0.4) is 0 Å². The number of benzene rings is 2. The number of carbonyl (C=O) groups excluding carboxylic acids is 2. The van der Waals surface area contributed by atoms with Crippen LogP contribution in [0.4, 0.5) is 11.4 Å². The molecule has 4 rings (SSSR count). The Labute approximate surface area is 185 Å². The lowest BCUT2D eigenvalue weighted by Gasteiger charge is -2.16. The predicted molar refractivity (Wildman–Crippen MR) is 123 cm³/mol. The Morgan fingerprint density at radius 1 is 1.16 bits per heavy atom. The van der Waals surface area contributed by atoms with Crippen LogP contribution in [0.5, 0.6) is 0 Å². The fraction of sp³-hybridized carbons (Fsp3) is 0.304. The average molecular weight is 436 g/mol. The lowest BCUT2D eigenvalue weighted by atomic mass is 10.1. The van der Waals surface area contributed by atoms with Crippen molar-refractivity contribution in [1.82, 2.24) is 14.8 Å². The van der Waals surface area contributed by atoms with Gasteiger partial charge in [0.05, 0.1) is 5.69 Å². The zero-order chi connectivity index (χ0) is 21.8. The van der Waals surface area contributed by atoms with Crippen molar-refractivity contribution in [1.29, 1.82) is 0 Å². The Morgan fingerprint density at radius 2 is 1.97 bits per heavy atom. The maximum absolute atomic E-state index is 12.3. The average Bonchev–Trinajstić information content (AvgIpc) is 3.38. The molecule has 3 aromatic rings. The molecule has 0 radical (unpaired) electrons. The molecule has 0 spiro atoms. The third kappa shape index (κ3) is 4.96. The van der Waals surface area contributed by atoms with Crippen LogP contribution in [-0.4, -0.2) is 38.9 Å². The van der Waals surface area contributed by atoms with Gasteiger partial charge in [0.1, 0.15) is 6.33 Å². The number of rotatable bonds is 7. The quantitative estimate of drug-likeness (QED) is 0.565. The van der Waals surface area contributed by atoms with Gasteiger partial charge >= 0.3 is 0 Å². The number of hydrogen-bond acceptors (Lipinski definition) is 5. The summed E-state index contributed by atoms with van der Waals surface area (Å²) in [5.41, 5.74) is 5.00. The number of aryl methyl sites for hydroxylation is 2. The number of aromatic nitrogens is 3. The van der Waals surface area contributed by atoms with Crippen molar-refractivity contribution in [2.45, 2.75) is 38.3 Å². The minimum Gasteiger partial charge on any atom is -0.326 e. The normalized spacial score (nSPS) is 13.6. The van der Waals surface area contributed by atoms with Gasteiger partial charge in [-0.05, 0) is 56.2 Å². The van der Waals surface area contributed by atoms with Crippen LogP contribution in [0.25, 0.3) is 5.69 Å². The molecule has 0 atom stereocenters. The first-order chi connectivity index (χ1) is 15.0. The first-order valence-electron chi connectivity index (χ1n) is 10.3. The smallest absolute Gasteiger partial charge is 0.227 e. The van der Waals surface area contributed by atoms with E-state index in [9.17, 15) is 9.59 Å². The lowest BCUT2D eigenvalue weighted by Crippen LogP contribution is -2.23. The number of carbonyl (C=O) groups is 2. The Bertz CT molecular complexity index is 1090. The van der Waals surface area contributed by atoms with E-state index in [0.717, 1.165) is 40.7 Å². The van der Waals surface area contributed by atoms with Gasteiger partial charge in [0, 0.05) is 36.5 Å². The summed E-state index contributed by atoms with van der Waals surface area (Å²) < 4.78 is 1.95. The molecule has 0 unspecified atom stereocenters. The van der Waals surface area contributed by atoms with Crippen molar-refractivity contribution in [2.75, 3.05) is 22.5 Å². The monoisotopic (exact) mass is 435 g/mol. The van der Waals surface area contributed by atoms with Gasteiger partial charge in [-0.25, -0.2) is 0 Å². The molecule has 0 aliphatic carbocycles. The fourth-order valence-corrected chi connectivity index (χ4v) is 4.53. The molecule has 1 fully saturated rings. The van der Waals surface area contributed by atoms with E-state index in [-0.39, 0.29) is 11.8 Å². The molecule has 31 heavy (non-hydrogen) atoms. The Morgan fingerprint density at radius 3 is 2.68 bits per heavy atom. The third-order valence-corrected chi connectivity index (χ3v) is 6.17. The molecule has 0 bridgehead atoms. The third-order valence-electron chi connectivity index (χ3n) is 5.22. The SMILES string of the molecule is Cc1ccc(-n2cnnc2SCCC(=O)Nc2ccc(N3CCCC3=O)cc2)c(C)c1. The summed E-state index contributed by atoms with van der Waals surface area (Å²) in [6.07, 6.45) is 3.56. The van der Waals surface area contributed by atoms with Crippen molar-refractivity contribution in [3.05, 3.63) is 59.9 Å². The molecule has 7 nitrogen and oxygen atoms in total. The fourth-order valence-electron chi connectivity index (χ4n) is 3.67. The van der Waals surface area contributed by atoms with Crippen LogP contribution in [0.15, 0.2) is 53.9 Å². The summed E-state index contributed by atoms with van der Waals surface area (Å²) in [4.78, 5) is 26.0. The van der Waals surface area contributed by atoms with Gasteiger partial charge in [0.15, 0.2) is 5.16 Å². The largest absolute Gasteiger partial charge is 0.326 e. The van der Waals surface area contributed by atoms with Crippen molar-refractivity contribution in [2.24, 2.45) is 0 Å². The molecule has 1 aliphatic rings. The van der Waals surface area contributed by atoms with Crippen LogP contribution in [-0.2, 0) is 9.59 Å². The highest BCUT2D eigenvalue weighted by molar-refractivity contribution is 7.99. The lowest BCUT2D eigenvalue weighted by molar-refractivity contribution is -0.117. The number of thioether (sulfide) groups is 1. The zero-order valence-corrected chi connectivity index (χ0v) is 18.5. The Balaban J connectivity index is 1.30. The molecule has 160 valence electrons. The second-order valence-corrected chi connectivity index (χ2v) is 8.68. The van der Waals surface area contributed by atoms with Gasteiger partial charge in [-0.2, -0.15) is 0 Å². The Hall–Kier alpha value is -3.13. The maximum Gasteiger partial charge on any atom is 0.227 e. The summed E-state index contributed by atoms with van der Waals surface area (Å²) in [5, 5.41) is 11.9. The first kappa shape index (κ1) is 21.1. The number of amides is 2. The molecule has 2 heterocycles. The van der Waals surface area contributed by atoms with Crippen LogP contribution in [0, 0.1) is 13.8 Å². The molecule has 1 aromatic heterocycles. The van der Waals surface area contributed by atoms with Crippen LogP contribution >= 0.6 is 11.8 Å². The van der Waals surface area contributed by atoms with Gasteiger partial charge < -0.3 is 10.2 Å². The van der Waals surface area contributed by atoms with Crippen molar-refractivity contribution in [3.63, 3.8) is 0 Å². The standard InChI is InChI=1S/C23H25N5O2S/c1-16-5-10-20(17(2)14-16)28-15-24-26-23(28)31-13-11-21(29)25-18-6-8-19(9-7-18)27-12-3-4-22(27)30/h5-10,14-15H,3-4,11-13H2,1-2H3,(H,25,29). The Kier molecular flexibility index (Phi) is 6.36. The second kappa shape index (κ2) is 9.34. The van der Waals surface area contributed by atoms with Crippen LogP contribution < -0.4 is 10.2 Å². The predicted octanol–water partition coefficient (Wildman–Crippen LogP) is 4.13. The molecular weight excluding hydrogens is 410 g/mol. The molecular formula is C23H25N5O2S. The molecule has 1 N–H and O–H groups in total. The van der Waals surface area contributed by atoms with Gasteiger partial charge in [-0.15, -0.1) is 10.2 Å². The minimum absolute atomic E-state index is 0.0601. The highest BCUT2D eigenvalue weighted by atomic mass is 32.2. The van der Waals surface area contributed by atoms with Crippen molar-refractivity contribution >= 4 is 35.0 Å². The number of hydrogen-bond donors (Lipinski definition) is 1. The van der Waals surface area contributed by atoms with E-state index in [0.29, 0.717) is 18.6 Å². The molecule has 2 amide bonds. The van der Waals surface area contributed by atoms with E-state index >= 15 is 0 Å². The molecule has 8 heteroatoms. The zero-order valence-electron chi connectivity index (χ0n) is 17.7. The molecule has 1 aliphatic heterocycles. The summed E-state index contributed by atoms with van der Waals surface area (Å²) in [7, 11) is 0. The van der Waals surface area contributed by atoms with Gasteiger partial charge in [-0.1, -0.05) is 29.5 Å². The van der Waals surface area contributed by atoms with E-state index in [1.165, 1.54) is 17.3 Å². The number of nitrogens with zero attached hydrogens (tertiary/aromatic N) is 4. The van der Waals surface area contributed by atoms with E-state index in [2.05, 4.69) is 47.6 Å². The van der Waals surface area contributed by atoms with Crippen LogP contribution in [0.1, 0.15) is 30.4 Å². The second-order valence-electron chi connectivity index (χ2n) is 7.62. The number of nitrogens with one attached hydrogen (secondary N) is 1. The van der Waals surface area contributed by atoms with E-state index < -0.39 is 0 Å². The summed E-state index contributed by atoms with van der Waals surface area (Å²) >= 11 is 1.50. The maximum atomic E-state index is 12.3. The molecule has 2 aromatic carbocycles. The topological polar surface area (TPSA) is 80.1 Å². The summed E-state index contributed by atoms with van der Waals surface area (Å²) in [6, 6.07) is 13.7. The van der Waals surface area contributed by atoms with Crippen molar-refractivity contribution < 1.29 is 9.59 Å². The van der Waals surface area contributed by atoms with E-state index in [1.807, 2.05) is 28.8 Å². The van der Waals surface area contributed by atoms with Gasteiger partial charge in [0.25, 0.3) is 0 Å². The highest BCUT2D eigenvalue weighted by Crippen LogP contribution is 2.25. The summed E-state index contributed by atoms with van der Waals surface area (Å²) in [6.45, 7) is 4.89. The highest BCUT2D eigenvalue weighted by Gasteiger charge is 2.21. The minimum atomic E-state index is -0.0601. The van der Waals surface area contributed by atoms with Crippen molar-refractivity contribution in [3.8, 4) is 5.69 Å².